The zero-order chi connectivity index (χ0) is 26.2. The van der Waals surface area contributed by atoms with Gasteiger partial charge in [0.25, 0.3) is 0 Å². The van der Waals surface area contributed by atoms with Crippen LogP contribution in [0, 0.1) is 11.6 Å². The van der Waals surface area contributed by atoms with Crippen molar-refractivity contribution in [2.24, 2.45) is 0 Å². The summed E-state index contributed by atoms with van der Waals surface area (Å²) in [5.41, 5.74) is 1.28. The second-order valence-electron chi connectivity index (χ2n) is 9.45. The molecule has 37 heavy (non-hydrogen) atoms. The number of nitrogens with one attached hydrogen (secondary N) is 1. The van der Waals surface area contributed by atoms with Gasteiger partial charge in [-0.15, -0.1) is 10.2 Å². The van der Waals surface area contributed by atoms with Crippen LogP contribution in [0.25, 0.3) is 11.4 Å². The molecule has 196 valence electrons. The fourth-order valence-electron chi connectivity index (χ4n) is 4.64. The van der Waals surface area contributed by atoms with Crippen molar-refractivity contribution in [3.05, 3.63) is 65.7 Å². The number of benzene rings is 2. The van der Waals surface area contributed by atoms with E-state index in [1.807, 2.05) is 6.92 Å². The van der Waals surface area contributed by atoms with Crippen molar-refractivity contribution in [3.63, 3.8) is 0 Å². The number of carbonyl (C=O) groups is 2. The highest BCUT2D eigenvalue weighted by Crippen LogP contribution is 2.20. The number of hydrogen-bond donors (Lipinski definition) is 1. The summed E-state index contributed by atoms with van der Waals surface area (Å²) in [6.45, 7) is 1.88. The Hall–Kier alpha value is -3.69. The number of halogens is 2. The number of hydrogen-bond acceptors (Lipinski definition) is 5. The normalized spacial score (nSPS) is 14.8. The summed E-state index contributed by atoms with van der Waals surface area (Å²) < 4.78 is 26.8. The molecule has 0 spiro atoms. The van der Waals surface area contributed by atoms with Gasteiger partial charge in [-0.3, -0.25) is 9.59 Å². The average Bonchev–Trinajstić information content (AvgIpc) is 3.36. The molecule has 1 heterocycles. The molecule has 2 amide bonds. The third-order valence-electron chi connectivity index (χ3n) is 6.61. The van der Waals surface area contributed by atoms with Crippen molar-refractivity contribution in [1.82, 2.24) is 30.4 Å². The first-order chi connectivity index (χ1) is 17.9. The van der Waals surface area contributed by atoms with Gasteiger partial charge in [-0.25, -0.2) is 8.78 Å². The van der Waals surface area contributed by atoms with Crippen molar-refractivity contribution in [3.8, 4) is 11.4 Å². The fourth-order valence-corrected chi connectivity index (χ4v) is 4.64. The van der Waals surface area contributed by atoms with Gasteiger partial charge in [0, 0.05) is 18.2 Å². The number of carbonyl (C=O) groups excluding carboxylic acids is 2. The standard InChI is InChI=1S/C27H32F2N6O2/c1-2-6-24(27(37)30-23-7-4-3-5-8-23)34(17-19-9-13-21(28)14-10-19)25(36)18-35-32-26(31-33-35)20-11-15-22(29)16-12-20/h9-16,23-24H,2-8,17-18H2,1H3,(H,30,37). The molecule has 0 radical (unpaired) electrons. The van der Waals surface area contributed by atoms with Crippen LogP contribution in [-0.4, -0.2) is 49.0 Å². The van der Waals surface area contributed by atoms with Crippen LogP contribution >= 0.6 is 0 Å². The largest absolute Gasteiger partial charge is 0.352 e. The van der Waals surface area contributed by atoms with E-state index in [1.165, 1.54) is 52.5 Å². The number of rotatable bonds is 10. The average molecular weight is 511 g/mol. The second-order valence-corrected chi connectivity index (χ2v) is 9.45. The molecule has 0 aliphatic heterocycles. The molecule has 4 rings (SSSR count). The minimum atomic E-state index is -0.690. The summed E-state index contributed by atoms with van der Waals surface area (Å²) in [7, 11) is 0. The topological polar surface area (TPSA) is 93.0 Å². The predicted octanol–water partition coefficient (Wildman–Crippen LogP) is 4.26. The molecule has 0 saturated heterocycles. The van der Waals surface area contributed by atoms with Gasteiger partial charge < -0.3 is 10.2 Å². The van der Waals surface area contributed by atoms with Crippen LogP contribution in [0.3, 0.4) is 0 Å². The third kappa shape index (κ3) is 7.18. The fraction of sp³-hybridized carbons (Fsp3) is 0.444. The molecule has 8 nitrogen and oxygen atoms in total. The van der Waals surface area contributed by atoms with Crippen LogP contribution in [0.15, 0.2) is 48.5 Å². The highest BCUT2D eigenvalue weighted by Gasteiger charge is 2.31. The van der Waals surface area contributed by atoms with Crippen LogP contribution in [0.2, 0.25) is 0 Å². The van der Waals surface area contributed by atoms with E-state index in [9.17, 15) is 18.4 Å². The number of tetrazole rings is 1. The first-order valence-electron chi connectivity index (χ1n) is 12.8. The maximum atomic E-state index is 13.6. The minimum absolute atomic E-state index is 0.110. The van der Waals surface area contributed by atoms with E-state index >= 15 is 0 Å². The summed E-state index contributed by atoms with van der Waals surface area (Å²) in [6.07, 6.45) is 6.39. The maximum Gasteiger partial charge on any atom is 0.247 e. The summed E-state index contributed by atoms with van der Waals surface area (Å²) in [5.74, 6) is -1.02. The van der Waals surface area contributed by atoms with Crippen LogP contribution < -0.4 is 5.32 Å². The zero-order valence-corrected chi connectivity index (χ0v) is 20.9. The molecule has 0 bridgehead atoms. The van der Waals surface area contributed by atoms with Gasteiger partial charge in [-0.2, -0.15) is 4.80 Å². The minimum Gasteiger partial charge on any atom is -0.352 e. The molecule has 2 aromatic carbocycles. The monoisotopic (exact) mass is 510 g/mol. The highest BCUT2D eigenvalue weighted by molar-refractivity contribution is 5.87. The lowest BCUT2D eigenvalue weighted by atomic mass is 9.95. The third-order valence-corrected chi connectivity index (χ3v) is 6.61. The van der Waals surface area contributed by atoms with Gasteiger partial charge in [0.05, 0.1) is 0 Å². The smallest absolute Gasteiger partial charge is 0.247 e. The molecule has 1 aromatic heterocycles. The van der Waals surface area contributed by atoms with Gasteiger partial charge in [0.2, 0.25) is 17.6 Å². The predicted molar refractivity (Wildman–Crippen MR) is 134 cm³/mol. The Kier molecular flexibility index (Phi) is 8.92. The second kappa shape index (κ2) is 12.5. The molecule has 1 aliphatic rings. The van der Waals surface area contributed by atoms with E-state index in [1.54, 1.807) is 12.1 Å². The molecular weight excluding hydrogens is 478 g/mol. The Bertz CT molecular complexity index is 1180. The Morgan fingerprint density at radius 2 is 1.68 bits per heavy atom. The lowest BCUT2D eigenvalue weighted by Crippen LogP contribution is -2.52. The molecule has 1 atom stereocenters. The Morgan fingerprint density at radius 1 is 1.03 bits per heavy atom. The summed E-state index contributed by atoms with van der Waals surface area (Å²) in [4.78, 5) is 29.7. The summed E-state index contributed by atoms with van der Waals surface area (Å²) >= 11 is 0. The van der Waals surface area contributed by atoms with Gasteiger partial charge in [0.15, 0.2) is 0 Å². The van der Waals surface area contributed by atoms with E-state index in [-0.39, 0.29) is 48.4 Å². The molecule has 3 aromatic rings. The van der Waals surface area contributed by atoms with Gasteiger partial charge in [-0.1, -0.05) is 44.7 Å². The van der Waals surface area contributed by atoms with E-state index in [2.05, 4.69) is 20.7 Å². The zero-order valence-electron chi connectivity index (χ0n) is 20.9. The molecule has 1 saturated carbocycles. The quantitative estimate of drug-likeness (QED) is 0.440. The van der Waals surface area contributed by atoms with Crippen LogP contribution in [0.5, 0.6) is 0 Å². The molecule has 1 N–H and O–H groups in total. The van der Waals surface area contributed by atoms with E-state index < -0.39 is 6.04 Å². The van der Waals surface area contributed by atoms with Crippen LogP contribution in [0.4, 0.5) is 8.78 Å². The summed E-state index contributed by atoms with van der Waals surface area (Å²) in [6, 6.07) is 11.0. The van der Waals surface area contributed by atoms with Crippen LogP contribution in [0.1, 0.15) is 57.4 Å². The van der Waals surface area contributed by atoms with E-state index in [4.69, 9.17) is 0 Å². The van der Waals surface area contributed by atoms with E-state index in [0.29, 0.717) is 24.0 Å². The first-order valence-corrected chi connectivity index (χ1v) is 12.8. The maximum absolute atomic E-state index is 13.6. The van der Waals surface area contributed by atoms with Crippen molar-refractivity contribution in [2.75, 3.05) is 0 Å². The van der Waals surface area contributed by atoms with Crippen molar-refractivity contribution >= 4 is 11.8 Å². The lowest BCUT2D eigenvalue weighted by molar-refractivity contribution is -0.142. The molecule has 10 heteroatoms. The molecule has 1 aliphatic carbocycles. The number of aromatic nitrogens is 4. The van der Waals surface area contributed by atoms with Crippen molar-refractivity contribution < 1.29 is 18.4 Å². The SMILES string of the molecule is CCCC(C(=O)NC1CCCCC1)N(Cc1ccc(F)cc1)C(=O)Cn1nnc(-c2ccc(F)cc2)n1. The molecule has 1 unspecified atom stereocenters. The van der Waals surface area contributed by atoms with Crippen molar-refractivity contribution in [2.45, 2.75) is 77.0 Å². The lowest BCUT2D eigenvalue weighted by Gasteiger charge is -2.33. The van der Waals surface area contributed by atoms with Gasteiger partial charge in [-0.05, 0) is 66.4 Å². The summed E-state index contributed by atoms with van der Waals surface area (Å²) in [5, 5.41) is 15.4. The Balaban J connectivity index is 1.55. The van der Waals surface area contributed by atoms with Gasteiger partial charge >= 0.3 is 0 Å². The Morgan fingerprint density at radius 3 is 2.32 bits per heavy atom. The van der Waals surface area contributed by atoms with Crippen LogP contribution in [-0.2, 0) is 22.7 Å². The van der Waals surface area contributed by atoms with E-state index in [0.717, 1.165) is 25.7 Å². The Labute approximate surface area is 215 Å². The number of amides is 2. The number of nitrogens with zero attached hydrogens (tertiary/aromatic N) is 5. The van der Waals surface area contributed by atoms with Gasteiger partial charge in [0.1, 0.15) is 24.2 Å². The molecular formula is C27H32F2N6O2. The first kappa shape index (κ1) is 26.4. The highest BCUT2D eigenvalue weighted by atomic mass is 19.1. The van der Waals surface area contributed by atoms with Crippen molar-refractivity contribution in [1.29, 1.82) is 0 Å². The molecule has 1 fully saturated rings.